The van der Waals surface area contributed by atoms with Crippen LogP contribution in [0.15, 0.2) is 133 Å². The molecule has 0 N–H and O–H groups in total. The molecule has 0 spiro atoms. The van der Waals surface area contributed by atoms with Gasteiger partial charge in [0.2, 0.25) is 0 Å². The lowest BCUT2D eigenvalue weighted by molar-refractivity contribution is 0.685. The highest BCUT2D eigenvalue weighted by Crippen LogP contribution is 2.52. The molecule has 0 saturated carbocycles. The number of benzene rings is 7. The van der Waals surface area contributed by atoms with Crippen molar-refractivity contribution < 1.29 is 0 Å². The van der Waals surface area contributed by atoms with Crippen LogP contribution in [-0.2, 0) is 6.42 Å². The van der Waals surface area contributed by atoms with Crippen LogP contribution in [0.3, 0.4) is 0 Å². The van der Waals surface area contributed by atoms with E-state index in [1.54, 1.807) is 0 Å². The molecule has 0 saturated heterocycles. The summed E-state index contributed by atoms with van der Waals surface area (Å²) >= 11 is 0. The van der Waals surface area contributed by atoms with Crippen LogP contribution in [0.5, 0.6) is 0 Å². The van der Waals surface area contributed by atoms with Crippen LogP contribution in [0.2, 0.25) is 0 Å². The molecule has 0 fully saturated rings. The summed E-state index contributed by atoms with van der Waals surface area (Å²) in [7, 11) is 0. The van der Waals surface area contributed by atoms with Gasteiger partial charge in [0, 0.05) is 38.4 Å². The minimum atomic E-state index is 0.0520. The molecule has 2 aliphatic carbocycles. The Labute approximate surface area is 276 Å². The molecule has 1 unspecified atom stereocenters. The molecule has 3 aromatic heterocycles. The summed E-state index contributed by atoms with van der Waals surface area (Å²) in [6.07, 6.45) is 1.89. The van der Waals surface area contributed by atoms with Gasteiger partial charge < -0.3 is 4.40 Å². The van der Waals surface area contributed by atoms with E-state index < -0.39 is 0 Å². The number of aromatic nitrogens is 3. The minimum Gasteiger partial charge on any atom is -0.308 e. The molecule has 222 valence electrons. The van der Waals surface area contributed by atoms with Crippen LogP contribution in [0.4, 0.5) is 0 Å². The monoisotopic (exact) mass is 609 g/mol. The van der Waals surface area contributed by atoms with E-state index in [0.29, 0.717) is 0 Å². The third kappa shape index (κ3) is 3.01. The van der Waals surface area contributed by atoms with Crippen molar-refractivity contribution in [1.82, 2.24) is 14.4 Å². The topological polar surface area (TPSA) is 30.2 Å². The minimum absolute atomic E-state index is 0.0520. The molecule has 1 atom stereocenters. The quantitative estimate of drug-likeness (QED) is 0.185. The Hall–Kier alpha value is -6.06. The second kappa shape index (κ2) is 8.84. The molecule has 3 heterocycles. The van der Waals surface area contributed by atoms with Crippen LogP contribution < -0.4 is 0 Å². The summed E-state index contributed by atoms with van der Waals surface area (Å²) in [5, 5.41) is 9.08. The van der Waals surface area contributed by atoms with Gasteiger partial charge in [-0.25, -0.2) is 9.97 Å². The number of aryl methyl sites for hydroxylation is 1. The Morgan fingerprint density at radius 3 is 2.17 bits per heavy atom. The van der Waals surface area contributed by atoms with E-state index in [-0.39, 0.29) is 5.92 Å². The zero-order valence-corrected chi connectivity index (χ0v) is 26.0. The summed E-state index contributed by atoms with van der Waals surface area (Å²) in [5.74, 6) is 0.975. The highest BCUT2D eigenvalue weighted by molar-refractivity contribution is 6.28. The van der Waals surface area contributed by atoms with E-state index in [1.807, 2.05) is 0 Å². The second-order valence-electron chi connectivity index (χ2n) is 13.6. The summed E-state index contributed by atoms with van der Waals surface area (Å²) in [6, 6.07) is 49.2. The normalized spacial score (nSPS) is 15.1. The molecule has 0 amide bonds. The standard InChI is InChI=1S/C45H27N3/c1-2-11-27-25(10-1)20-22-31-33(45-46-36-17-9-16-30-28-12-3-4-14-32(28)43(47-45)41(30)36)23-21-26-24-35-29-13-5-7-18-37(29)48-38-19-8-6-15-34(38)42(44(35)48)39(26)40(27)31/h1-20,22,24,33H,21,23H2. The van der Waals surface area contributed by atoms with Crippen molar-refractivity contribution in [1.29, 1.82) is 0 Å². The molecule has 7 aromatic carbocycles. The van der Waals surface area contributed by atoms with Crippen molar-refractivity contribution in [3.63, 3.8) is 0 Å². The van der Waals surface area contributed by atoms with Crippen molar-refractivity contribution in [3.8, 4) is 33.5 Å². The number of nitrogens with zero attached hydrogens (tertiary/aromatic N) is 3. The van der Waals surface area contributed by atoms with Gasteiger partial charge in [-0.05, 0) is 81.3 Å². The van der Waals surface area contributed by atoms with Gasteiger partial charge in [-0.15, -0.1) is 0 Å². The van der Waals surface area contributed by atoms with Crippen molar-refractivity contribution in [2.45, 2.75) is 18.8 Å². The lowest BCUT2D eigenvalue weighted by atomic mass is 9.85. The molecule has 0 radical (unpaired) electrons. The predicted octanol–water partition coefficient (Wildman–Crippen LogP) is 11.3. The van der Waals surface area contributed by atoms with Gasteiger partial charge in [-0.2, -0.15) is 0 Å². The maximum atomic E-state index is 5.48. The fourth-order valence-corrected chi connectivity index (χ4v) is 9.34. The summed E-state index contributed by atoms with van der Waals surface area (Å²) in [6.45, 7) is 0. The van der Waals surface area contributed by atoms with E-state index in [1.165, 1.54) is 93.2 Å². The fraction of sp³-hybridized carbons (Fsp3) is 0.0667. The molecule has 10 aromatic rings. The highest BCUT2D eigenvalue weighted by Gasteiger charge is 2.33. The molecule has 0 aliphatic heterocycles. The molecular weight excluding hydrogens is 583 g/mol. The Morgan fingerprint density at radius 1 is 0.542 bits per heavy atom. The van der Waals surface area contributed by atoms with E-state index >= 15 is 0 Å². The van der Waals surface area contributed by atoms with Crippen molar-refractivity contribution in [2.75, 3.05) is 0 Å². The van der Waals surface area contributed by atoms with Crippen LogP contribution in [-0.4, -0.2) is 14.4 Å². The maximum absolute atomic E-state index is 5.48. The first-order valence-electron chi connectivity index (χ1n) is 16.9. The van der Waals surface area contributed by atoms with Crippen molar-refractivity contribution in [2.24, 2.45) is 0 Å². The molecular formula is C45H27N3. The second-order valence-corrected chi connectivity index (χ2v) is 13.6. The first-order valence-corrected chi connectivity index (χ1v) is 16.9. The maximum Gasteiger partial charge on any atom is 0.137 e. The molecule has 2 aliphatic rings. The Bertz CT molecular complexity index is 3020. The highest BCUT2D eigenvalue weighted by atomic mass is 14.9. The van der Waals surface area contributed by atoms with Crippen LogP contribution >= 0.6 is 0 Å². The Kier molecular flexibility index (Phi) is 4.62. The zero-order chi connectivity index (χ0) is 31.1. The van der Waals surface area contributed by atoms with E-state index in [2.05, 4.69) is 138 Å². The van der Waals surface area contributed by atoms with Gasteiger partial charge in [0.05, 0.1) is 27.8 Å². The van der Waals surface area contributed by atoms with Gasteiger partial charge in [0.1, 0.15) is 5.82 Å². The summed E-state index contributed by atoms with van der Waals surface area (Å²) in [4.78, 5) is 10.9. The first kappa shape index (κ1) is 25.1. The van der Waals surface area contributed by atoms with Crippen LogP contribution in [0.25, 0.3) is 93.3 Å². The lowest BCUT2D eigenvalue weighted by Gasteiger charge is -2.20. The average molecular weight is 610 g/mol. The SMILES string of the molecule is c1ccc2c(c1)-c1cccc3nc(C4CCc5cc6c7ccccc7n7c8ccccc8c(c5-c5c4ccc4ccccc54)c67)nc-2c13. The van der Waals surface area contributed by atoms with Gasteiger partial charge >= 0.3 is 0 Å². The predicted molar refractivity (Wildman–Crippen MR) is 198 cm³/mol. The number of para-hydroxylation sites is 2. The van der Waals surface area contributed by atoms with Crippen molar-refractivity contribution >= 4 is 59.8 Å². The largest absolute Gasteiger partial charge is 0.308 e. The number of hydrogen-bond donors (Lipinski definition) is 0. The summed E-state index contributed by atoms with van der Waals surface area (Å²) < 4.78 is 2.51. The van der Waals surface area contributed by atoms with E-state index in [9.17, 15) is 0 Å². The molecule has 3 nitrogen and oxygen atoms in total. The average Bonchev–Trinajstić information content (AvgIpc) is 3.73. The summed E-state index contributed by atoms with van der Waals surface area (Å²) in [5.41, 5.74) is 15.1. The van der Waals surface area contributed by atoms with E-state index in [4.69, 9.17) is 9.97 Å². The Morgan fingerprint density at radius 2 is 1.27 bits per heavy atom. The number of rotatable bonds is 1. The van der Waals surface area contributed by atoms with Gasteiger partial charge in [-0.1, -0.05) is 109 Å². The smallest absolute Gasteiger partial charge is 0.137 e. The number of fused-ring (bicyclic) bond motifs is 15. The first-order chi connectivity index (χ1) is 23.8. The molecule has 48 heavy (non-hydrogen) atoms. The molecule has 0 bridgehead atoms. The zero-order valence-electron chi connectivity index (χ0n) is 26.0. The molecule has 12 rings (SSSR count). The third-order valence-corrected chi connectivity index (χ3v) is 11.3. The number of hydrogen-bond acceptors (Lipinski definition) is 2. The fourth-order valence-electron chi connectivity index (χ4n) is 9.34. The third-order valence-electron chi connectivity index (χ3n) is 11.3. The van der Waals surface area contributed by atoms with Crippen LogP contribution in [0.1, 0.15) is 29.3 Å². The van der Waals surface area contributed by atoms with Crippen molar-refractivity contribution in [3.05, 3.63) is 150 Å². The van der Waals surface area contributed by atoms with E-state index in [0.717, 1.165) is 29.9 Å². The van der Waals surface area contributed by atoms with Gasteiger partial charge in [0.15, 0.2) is 0 Å². The van der Waals surface area contributed by atoms with Crippen LogP contribution in [0, 0.1) is 0 Å². The Balaban J connectivity index is 1.22. The molecule has 3 heteroatoms. The van der Waals surface area contributed by atoms with Gasteiger partial charge in [0.25, 0.3) is 0 Å². The lowest BCUT2D eigenvalue weighted by Crippen LogP contribution is -2.08. The van der Waals surface area contributed by atoms with Gasteiger partial charge in [-0.3, -0.25) is 0 Å².